The molecule has 0 saturated carbocycles. The molecule has 6 nitrogen and oxygen atoms in total. The van der Waals surface area contributed by atoms with Crippen LogP contribution in [0.2, 0.25) is 0 Å². The number of benzene rings is 2. The number of nitrogen functional groups attached to an aromatic ring is 1. The van der Waals surface area contributed by atoms with Gasteiger partial charge in [-0.3, -0.25) is 0 Å². The second-order valence-electron chi connectivity index (χ2n) is 5.33. The largest absolute Gasteiger partial charge is 0.399 e. The van der Waals surface area contributed by atoms with Crippen molar-refractivity contribution in [1.29, 1.82) is 0 Å². The number of hydrogen-bond donors (Lipinski definition) is 1. The van der Waals surface area contributed by atoms with Crippen LogP contribution in [-0.2, 0) is 4.84 Å². The maximum Gasteiger partial charge on any atom is 0.260 e. The highest BCUT2D eigenvalue weighted by molar-refractivity contribution is 6.12. The first kappa shape index (κ1) is 15.7. The fourth-order valence-electron chi connectivity index (χ4n) is 2.48. The lowest BCUT2D eigenvalue weighted by Gasteiger charge is -2.11. The summed E-state index contributed by atoms with van der Waals surface area (Å²) in [7, 11) is 1.54. The predicted molar refractivity (Wildman–Crippen MR) is 91.8 cm³/mol. The Balaban J connectivity index is 1.98. The van der Waals surface area contributed by atoms with Gasteiger partial charge in [0.05, 0.1) is 5.92 Å². The lowest BCUT2D eigenvalue weighted by molar-refractivity contribution is 0.214. The van der Waals surface area contributed by atoms with Gasteiger partial charge in [-0.2, -0.15) is 4.98 Å². The van der Waals surface area contributed by atoms with Crippen LogP contribution in [0.25, 0.3) is 0 Å². The molecular weight excluding hydrogens is 304 g/mol. The van der Waals surface area contributed by atoms with E-state index in [0.29, 0.717) is 5.89 Å². The van der Waals surface area contributed by atoms with Gasteiger partial charge < -0.3 is 15.1 Å². The van der Waals surface area contributed by atoms with Crippen molar-refractivity contribution in [1.82, 2.24) is 10.1 Å². The van der Waals surface area contributed by atoms with Crippen molar-refractivity contribution < 1.29 is 9.36 Å². The number of rotatable bonds is 5. The quantitative estimate of drug-likeness (QED) is 0.576. The van der Waals surface area contributed by atoms with Gasteiger partial charge in [-0.1, -0.05) is 53.7 Å². The lowest BCUT2D eigenvalue weighted by atomic mass is 9.95. The Bertz CT molecular complexity index is 843. The molecule has 2 aromatic carbocycles. The zero-order valence-electron chi connectivity index (χ0n) is 13.5. The molecule has 122 valence electrons. The summed E-state index contributed by atoms with van der Waals surface area (Å²) in [4.78, 5) is 9.13. The van der Waals surface area contributed by atoms with Crippen LogP contribution in [0.15, 0.2) is 64.3 Å². The third-order valence-electron chi connectivity index (χ3n) is 3.72. The van der Waals surface area contributed by atoms with Crippen LogP contribution in [-0.4, -0.2) is 23.0 Å². The number of hydrogen-bond acceptors (Lipinski definition) is 6. The van der Waals surface area contributed by atoms with Crippen molar-refractivity contribution in [2.45, 2.75) is 12.8 Å². The fourth-order valence-corrected chi connectivity index (χ4v) is 2.48. The highest BCUT2D eigenvalue weighted by Gasteiger charge is 2.17. The van der Waals surface area contributed by atoms with Crippen LogP contribution < -0.4 is 5.73 Å². The summed E-state index contributed by atoms with van der Waals surface area (Å²) in [5.41, 5.74) is 9.24. The van der Waals surface area contributed by atoms with Crippen molar-refractivity contribution in [3.05, 3.63) is 77.2 Å². The average molecular weight is 322 g/mol. The van der Waals surface area contributed by atoms with Crippen LogP contribution in [0.3, 0.4) is 0 Å². The molecule has 1 heterocycles. The van der Waals surface area contributed by atoms with E-state index in [-0.39, 0.29) is 11.9 Å². The second kappa shape index (κ2) is 6.95. The third kappa shape index (κ3) is 3.27. The molecule has 1 aromatic heterocycles. The normalized spacial score (nSPS) is 12.8. The van der Waals surface area contributed by atoms with E-state index in [9.17, 15) is 0 Å². The molecule has 0 bridgehead atoms. The van der Waals surface area contributed by atoms with Crippen LogP contribution >= 0.6 is 0 Å². The lowest BCUT2D eigenvalue weighted by Crippen LogP contribution is -2.06. The first-order valence-electron chi connectivity index (χ1n) is 7.55. The Hall–Kier alpha value is -3.15. The smallest absolute Gasteiger partial charge is 0.260 e. The van der Waals surface area contributed by atoms with Gasteiger partial charge in [0.15, 0.2) is 0 Å². The number of anilines is 1. The van der Waals surface area contributed by atoms with Gasteiger partial charge in [-0.05, 0) is 23.7 Å². The van der Waals surface area contributed by atoms with E-state index < -0.39 is 0 Å². The number of nitrogens with zero attached hydrogens (tertiary/aromatic N) is 3. The molecule has 6 heteroatoms. The molecule has 0 spiro atoms. The summed E-state index contributed by atoms with van der Waals surface area (Å²) in [5.74, 6) is 0.544. The second-order valence-corrected chi connectivity index (χ2v) is 5.33. The SMILES string of the molecule is CON=C(c1ccccc1)c1cccc(C(C)c2nc(N)no2)c1. The predicted octanol–water partition coefficient (Wildman–Crippen LogP) is 3.20. The number of oxime groups is 1. The molecule has 2 N–H and O–H groups in total. The van der Waals surface area contributed by atoms with Crippen molar-refractivity contribution in [2.75, 3.05) is 12.8 Å². The zero-order chi connectivity index (χ0) is 16.9. The molecule has 1 atom stereocenters. The van der Waals surface area contributed by atoms with Crippen LogP contribution in [0.5, 0.6) is 0 Å². The van der Waals surface area contributed by atoms with E-state index in [2.05, 4.69) is 15.3 Å². The molecule has 1 unspecified atom stereocenters. The standard InChI is InChI=1S/C18H18N4O2/c1-12(17-20-18(19)22-24-17)14-9-6-10-15(11-14)16(21-23-2)13-7-4-3-5-8-13/h3-12H,1-2H3,(H2,19,22). The zero-order valence-corrected chi connectivity index (χ0v) is 13.5. The van der Waals surface area contributed by atoms with Gasteiger partial charge in [-0.25, -0.2) is 0 Å². The molecule has 24 heavy (non-hydrogen) atoms. The minimum absolute atomic E-state index is 0.0747. The van der Waals surface area contributed by atoms with Crippen LogP contribution in [0.4, 0.5) is 5.95 Å². The summed E-state index contributed by atoms with van der Waals surface area (Å²) < 4.78 is 5.17. The molecule has 0 aliphatic rings. The molecule has 0 amide bonds. The van der Waals surface area contributed by atoms with E-state index in [0.717, 1.165) is 22.4 Å². The molecular formula is C18H18N4O2. The Kier molecular flexibility index (Phi) is 4.56. The van der Waals surface area contributed by atoms with Crippen molar-refractivity contribution in [2.24, 2.45) is 5.16 Å². The van der Waals surface area contributed by atoms with E-state index in [1.54, 1.807) is 0 Å². The minimum Gasteiger partial charge on any atom is -0.399 e. The summed E-state index contributed by atoms with van der Waals surface area (Å²) >= 11 is 0. The van der Waals surface area contributed by atoms with Gasteiger partial charge >= 0.3 is 0 Å². The fraction of sp³-hybridized carbons (Fsp3) is 0.167. The van der Waals surface area contributed by atoms with E-state index >= 15 is 0 Å². The first-order valence-corrected chi connectivity index (χ1v) is 7.55. The Morgan fingerprint density at radius 1 is 1.12 bits per heavy atom. The van der Waals surface area contributed by atoms with Gasteiger partial charge in [0.2, 0.25) is 5.89 Å². The van der Waals surface area contributed by atoms with Crippen molar-refractivity contribution in [3.63, 3.8) is 0 Å². The number of nitrogens with two attached hydrogens (primary N) is 1. The van der Waals surface area contributed by atoms with Crippen molar-refractivity contribution >= 4 is 11.7 Å². The summed E-state index contributed by atoms with van der Waals surface area (Å²) in [6.07, 6.45) is 0. The summed E-state index contributed by atoms with van der Waals surface area (Å²) in [5, 5.41) is 7.83. The average Bonchev–Trinajstić information content (AvgIpc) is 3.06. The Labute approximate surface area is 139 Å². The summed E-state index contributed by atoms with van der Waals surface area (Å²) in [6, 6.07) is 17.9. The van der Waals surface area contributed by atoms with Crippen LogP contribution in [0, 0.1) is 0 Å². The van der Waals surface area contributed by atoms with Crippen LogP contribution in [0.1, 0.15) is 35.4 Å². The highest BCUT2D eigenvalue weighted by Crippen LogP contribution is 2.24. The van der Waals surface area contributed by atoms with Gasteiger partial charge in [0, 0.05) is 11.1 Å². The molecule has 0 aliphatic carbocycles. The maximum atomic E-state index is 5.54. The number of aromatic nitrogens is 2. The van der Waals surface area contributed by atoms with Crippen molar-refractivity contribution in [3.8, 4) is 0 Å². The third-order valence-corrected chi connectivity index (χ3v) is 3.72. The van der Waals surface area contributed by atoms with Gasteiger partial charge in [0.1, 0.15) is 12.8 Å². The van der Waals surface area contributed by atoms with E-state index in [4.69, 9.17) is 15.1 Å². The Morgan fingerprint density at radius 2 is 1.88 bits per heavy atom. The molecule has 0 radical (unpaired) electrons. The summed E-state index contributed by atoms with van der Waals surface area (Å²) in [6.45, 7) is 1.99. The first-order chi connectivity index (χ1) is 11.7. The maximum absolute atomic E-state index is 5.54. The molecule has 0 aliphatic heterocycles. The highest BCUT2D eigenvalue weighted by atomic mass is 16.6. The molecule has 3 rings (SSSR count). The van der Waals surface area contributed by atoms with Gasteiger partial charge in [0.25, 0.3) is 5.95 Å². The minimum atomic E-state index is -0.0747. The van der Waals surface area contributed by atoms with E-state index in [1.165, 1.54) is 7.11 Å². The molecule has 0 saturated heterocycles. The monoisotopic (exact) mass is 322 g/mol. The molecule has 0 fully saturated rings. The Morgan fingerprint density at radius 3 is 2.54 bits per heavy atom. The molecule has 3 aromatic rings. The topological polar surface area (TPSA) is 86.5 Å². The van der Waals surface area contributed by atoms with E-state index in [1.807, 2.05) is 61.5 Å². The van der Waals surface area contributed by atoms with Gasteiger partial charge in [-0.15, -0.1) is 0 Å².